The lowest BCUT2D eigenvalue weighted by Gasteiger charge is -2.30. The fourth-order valence-electron chi connectivity index (χ4n) is 4.23. The average molecular weight is 450 g/mol. The number of nitrogens with zero attached hydrogens (tertiary/aromatic N) is 1. The molecule has 0 radical (unpaired) electrons. The molecule has 0 amide bonds. The third kappa shape index (κ3) is 8.20. The van der Waals surface area contributed by atoms with Gasteiger partial charge in [-0.25, -0.2) is 4.99 Å². The lowest BCUT2D eigenvalue weighted by atomic mass is 9.95. The largest absolute Gasteiger partial charge is 0.381 e. The van der Waals surface area contributed by atoms with E-state index >= 15 is 0 Å². The van der Waals surface area contributed by atoms with E-state index in [4.69, 9.17) is 14.5 Å². The van der Waals surface area contributed by atoms with Crippen molar-refractivity contribution >= 4 is 16.8 Å². The number of aliphatic imine (C=N–C) groups is 1. The number of nitrogens with one attached hydrogen (secondary N) is 2. The minimum atomic E-state index is -0.709. The van der Waals surface area contributed by atoms with Crippen molar-refractivity contribution in [1.82, 2.24) is 10.6 Å². The molecule has 1 heterocycles. The molecule has 3 rings (SSSR count). The van der Waals surface area contributed by atoms with Crippen molar-refractivity contribution in [3.8, 4) is 0 Å². The number of hydrogen-bond acceptors (Lipinski definition) is 4. The first-order valence-corrected chi connectivity index (χ1v) is 13.2. The molecule has 1 saturated heterocycles. The fourth-order valence-corrected chi connectivity index (χ4v) is 5.58. The molecule has 3 atom stereocenters. The van der Waals surface area contributed by atoms with Gasteiger partial charge >= 0.3 is 0 Å². The van der Waals surface area contributed by atoms with Crippen LogP contribution in [-0.2, 0) is 33.4 Å². The summed E-state index contributed by atoms with van der Waals surface area (Å²) in [6, 6.07) is 8.89. The van der Waals surface area contributed by atoms with E-state index in [0.717, 1.165) is 70.0 Å². The number of rotatable bonds is 9. The maximum atomic E-state index is 12.2. The van der Waals surface area contributed by atoms with Crippen LogP contribution in [0.4, 0.5) is 0 Å². The van der Waals surface area contributed by atoms with E-state index in [9.17, 15) is 4.21 Å². The predicted octanol–water partition coefficient (Wildman–Crippen LogP) is 3.52. The highest BCUT2D eigenvalue weighted by Crippen LogP contribution is 2.23. The molecule has 1 aromatic rings. The Morgan fingerprint density at radius 2 is 1.87 bits per heavy atom. The molecule has 0 spiro atoms. The first-order valence-electron chi connectivity index (χ1n) is 11.9. The third-order valence-electron chi connectivity index (χ3n) is 6.06. The molecule has 2 aliphatic rings. The molecule has 1 aromatic carbocycles. The number of guanidine groups is 1. The Morgan fingerprint density at radius 1 is 1.13 bits per heavy atom. The molecule has 0 bridgehead atoms. The zero-order valence-electron chi connectivity index (χ0n) is 19.1. The van der Waals surface area contributed by atoms with Gasteiger partial charge in [-0.1, -0.05) is 37.6 Å². The summed E-state index contributed by atoms with van der Waals surface area (Å²) in [6.45, 7) is 7.82. The van der Waals surface area contributed by atoms with Crippen LogP contribution < -0.4 is 10.6 Å². The summed E-state index contributed by atoms with van der Waals surface area (Å²) < 4.78 is 23.6. The van der Waals surface area contributed by atoms with Crippen molar-refractivity contribution in [3.63, 3.8) is 0 Å². The van der Waals surface area contributed by atoms with Gasteiger partial charge in [0.15, 0.2) is 5.96 Å². The van der Waals surface area contributed by atoms with E-state index in [1.54, 1.807) is 0 Å². The third-order valence-corrected chi connectivity index (χ3v) is 7.80. The van der Waals surface area contributed by atoms with Crippen LogP contribution in [-0.4, -0.2) is 53.1 Å². The topological polar surface area (TPSA) is 72.0 Å². The van der Waals surface area contributed by atoms with E-state index in [0.29, 0.717) is 30.5 Å². The molecule has 174 valence electrons. The van der Waals surface area contributed by atoms with Crippen LogP contribution in [0.15, 0.2) is 29.3 Å². The van der Waals surface area contributed by atoms with Gasteiger partial charge in [0, 0.05) is 47.6 Å². The van der Waals surface area contributed by atoms with E-state index in [1.807, 2.05) is 6.92 Å². The van der Waals surface area contributed by atoms with Crippen LogP contribution in [0.2, 0.25) is 0 Å². The summed E-state index contributed by atoms with van der Waals surface area (Å²) in [5.41, 5.74) is 2.38. The van der Waals surface area contributed by atoms with Crippen molar-refractivity contribution in [1.29, 1.82) is 0 Å². The zero-order valence-corrected chi connectivity index (χ0v) is 19.9. The van der Waals surface area contributed by atoms with Crippen molar-refractivity contribution in [2.45, 2.75) is 82.9 Å². The summed E-state index contributed by atoms with van der Waals surface area (Å²) in [7, 11) is -0.709. The van der Waals surface area contributed by atoms with Crippen LogP contribution in [0.25, 0.3) is 0 Å². The minimum Gasteiger partial charge on any atom is -0.381 e. The van der Waals surface area contributed by atoms with Crippen LogP contribution in [0.1, 0.15) is 63.5 Å². The molecule has 6 nitrogen and oxygen atoms in total. The van der Waals surface area contributed by atoms with Crippen molar-refractivity contribution in [2.24, 2.45) is 4.99 Å². The molecular weight excluding hydrogens is 410 g/mol. The highest BCUT2D eigenvalue weighted by molar-refractivity contribution is 7.85. The molecule has 31 heavy (non-hydrogen) atoms. The first kappa shape index (κ1) is 24.2. The highest BCUT2D eigenvalue weighted by Gasteiger charge is 2.26. The average Bonchev–Trinajstić information content (AvgIpc) is 2.82. The second-order valence-corrected chi connectivity index (χ2v) is 10.4. The molecule has 1 saturated carbocycles. The maximum Gasteiger partial charge on any atom is 0.191 e. The van der Waals surface area contributed by atoms with E-state index in [-0.39, 0.29) is 0 Å². The lowest BCUT2D eigenvalue weighted by molar-refractivity contribution is -0.0390. The van der Waals surface area contributed by atoms with Crippen LogP contribution in [0.3, 0.4) is 0 Å². The number of ether oxygens (including phenoxy) is 2. The van der Waals surface area contributed by atoms with Crippen LogP contribution >= 0.6 is 0 Å². The predicted molar refractivity (Wildman–Crippen MR) is 128 cm³/mol. The van der Waals surface area contributed by atoms with Gasteiger partial charge in [0.1, 0.15) is 0 Å². The second-order valence-electron chi connectivity index (χ2n) is 8.43. The standard InChI is InChI=1S/C24H39N3O3S/c1-3-25-24(27-21-6-5-7-23(16-21)31(28)4-2)26-17-19-8-10-20(11-9-19)18-30-22-12-14-29-15-13-22/h8-11,21-23H,3-7,12-18H2,1-2H3,(H2,25,26,27). The van der Waals surface area contributed by atoms with E-state index in [2.05, 4.69) is 41.8 Å². The molecule has 7 heteroatoms. The number of hydrogen-bond donors (Lipinski definition) is 2. The Morgan fingerprint density at radius 3 is 2.58 bits per heavy atom. The molecule has 1 aliphatic heterocycles. The molecule has 2 fully saturated rings. The Bertz CT molecular complexity index is 705. The van der Waals surface area contributed by atoms with Gasteiger partial charge in [0.25, 0.3) is 0 Å². The van der Waals surface area contributed by atoms with Gasteiger partial charge in [0.05, 0.1) is 19.3 Å². The van der Waals surface area contributed by atoms with Crippen LogP contribution in [0.5, 0.6) is 0 Å². The lowest BCUT2D eigenvalue weighted by Crippen LogP contribution is -2.46. The smallest absolute Gasteiger partial charge is 0.191 e. The summed E-state index contributed by atoms with van der Waals surface area (Å²) in [4.78, 5) is 4.79. The molecule has 0 aromatic heterocycles. The monoisotopic (exact) mass is 449 g/mol. The van der Waals surface area contributed by atoms with Crippen molar-refractivity contribution in [3.05, 3.63) is 35.4 Å². The summed E-state index contributed by atoms with van der Waals surface area (Å²) in [6.07, 6.45) is 6.59. The van der Waals surface area contributed by atoms with Gasteiger partial charge in [-0.2, -0.15) is 0 Å². The molecule has 2 N–H and O–H groups in total. The molecular formula is C24H39N3O3S. The zero-order chi connectivity index (χ0) is 21.9. The number of benzene rings is 1. The van der Waals surface area contributed by atoms with Gasteiger partial charge in [0.2, 0.25) is 0 Å². The summed E-state index contributed by atoms with van der Waals surface area (Å²) in [5, 5.41) is 7.25. The Kier molecular flexibility index (Phi) is 10.3. The van der Waals surface area contributed by atoms with Gasteiger partial charge < -0.3 is 20.1 Å². The van der Waals surface area contributed by atoms with Crippen molar-refractivity contribution in [2.75, 3.05) is 25.5 Å². The normalized spacial score (nSPS) is 24.0. The van der Waals surface area contributed by atoms with E-state index < -0.39 is 10.8 Å². The Labute approximate surface area is 190 Å². The van der Waals surface area contributed by atoms with Crippen molar-refractivity contribution < 1.29 is 13.7 Å². The quantitative estimate of drug-likeness (QED) is 0.446. The molecule has 1 aliphatic carbocycles. The maximum absolute atomic E-state index is 12.2. The molecule has 3 unspecified atom stereocenters. The van der Waals surface area contributed by atoms with Crippen LogP contribution in [0, 0.1) is 0 Å². The summed E-state index contributed by atoms with van der Waals surface area (Å²) >= 11 is 0. The minimum absolute atomic E-state index is 0.315. The van der Waals surface area contributed by atoms with Gasteiger partial charge in [-0.3, -0.25) is 4.21 Å². The van der Waals surface area contributed by atoms with E-state index in [1.165, 1.54) is 11.1 Å². The highest BCUT2D eigenvalue weighted by atomic mass is 32.2. The van der Waals surface area contributed by atoms with Gasteiger partial charge in [-0.05, 0) is 50.2 Å². The Balaban J connectivity index is 1.49. The fraction of sp³-hybridized carbons (Fsp3) is 0.708. The SMILES string of the molecule is CCNC(=NCc1ccc(COC2CCOCC2)cc1)NC1CCCC(S(=O)CC)C1. The Hall–Kier alpha value is -1.44. The summed E-state index contributed by atoms with van der Waals surface area (Å²) in [5.74, 6) is 1.60. The van der Waals surface area contributed by atoms with Gasteiger partial charge in [-0.15, -0.1) is 0 Å². The second kappa shape index (κ2) is 13.2. The first-order chi connectivity index (χ1) is 15.2.